The van der Waals surface area contributed by atoms with Gasteiger partial charge in [-0.3, -0.25) is 0 Å². The van der Waals surface area contributed by atoms with Crippen LogP contribution in [-0.4, -0.2) is 31.5 Å². The van der Waals surface area contributed by atoms with Crippen LogP contribution in [-0.2, 0) is 4.74 Å². The fourth-order valence-electron chi connectivity index (χ4n) is 1.80. The van der Waals surface area contributed by atoms with E-state index in [0.29, 0.717) is 23.1 Å². The van der Waals surface area contributed by atoms with Crippen LogP contribution in [0.15, 0.2) is 18.2 Å². The molecule has 0 heterocycles. The number of nitrogens with one attached hydrogen (secondary N) is 1. The first-order valence-corrected chi connectivity index (χ1v) is 6.64. The molecule has 0 spiro atoms. The Hall–Kier alpha value is -0.320. The van der Waals surface area contributed by atoms with Gasteiger partial charge in [0.25, 0.3) is 0 Å². The van der Waals surface area contributed by atoms with Crippen LogP contribution in [0.4, 0.5) is 0 Å². The van der Waals surface area contributed by atoms with Gasteiger partial charge in [-0.25, -0.2) is 0 Å². The molecule has 2 N–H and O–H groups in total. The van der Waals surface area contributed by atoms with Crippen molar-refractivity contribution in [2.75, 3.05) is 20.3 Å². The van der Waals surface area contributed by atoms with E-state index >= 15 is 0 Å². The van der Waals surface area contributed by atoms with Gasteiger partial charge in [0.1, 0.15) is 0 Å². The van der Waals surface area contributed by atoms with Gasteiger partial charge in [0, 0.05) is 25.8 Å². The molecular formula is C13H19Cl2NO2. The predicted molar refractivity (Wildman–Crippen MR) is 75.4 cm³/mol. The lowest BCUT2D eigenvalue weighted by molar-refractivity contribution is 0.143. The maximum absolute atomic E-state index is 8.99. The molecular weight excluding hydrogens is 273 g/mol. The first-order chi connectivity index (χ1) is 8.58. The summed E-state index contributed by atoms with van der Waals surface area (Å²) < 4.78 is 5.12. The minimum absolute atomic E-state index is 0.115. The normalized spacial score (nSPS) is 14.5. The Balaban J connectivity index is 2.67. The molecule has 0 fully saturated rings. The van der Waals surface area contributed by atoms with Gasteiger partial charge in [0.2, 0.25) is 0 Å². The molecule has 0 saturated heterocycles. The largest absolute Gasteiger partial charge is 0.396 e. The Kier molecular flexibility index (Phi) is 6.97. The lowest BCUT2D eigenvalue weighted by Gasteiger charge is -2.22. The van der Waals surface area contributed by atoms with Crippen LogP contribution in [0.25, 0.3) is 0 Å². The van der Waals surface area contributed by atoms with Crippen LogP contribution >= 0.6 is 23.2 Å². The minimum Gasteiger partial charge on any atom is -0.396 e. The van der Waals surface area contributed by atoms with Gasteiger partial charge in [-0.05, 0) is 31.0 Å². The Morgan fingerprint density at radius 2 is 2.06 bits per heavy atom. The number of hydrogen-bond donors (Lipinski definition) is 2. The van der Waals surface area contributed by atoms with Gasteiger partial charge in [0.05, 0.1) is 16.7 Å². The third-order valence-corrected chi connectivity index (χ3v) is 3.51. The average molecular weight is 292 g/mol. The Morgan fingerprint density at radius 3 is 2.61 bits per heavy atom. The molecule has 0 aliphatic carbocycles. The lowest BCUT2D eigenvalue weighted by atomic mass is 10.1. The van der Waals surface area contributed by atoms with Crippen molar-refractivity contribution >= 4 is 23.2 Å². The van der Waals surface area contributed by atoms with Gasteiger partial charge < -0.3 is 15.2 Å². The van der Waals surface area contributed by atoms with Crippen LogP contribution in [0, 0.1) is 0 Å². The van der Waals surface area contributed by atoms with Gasteiger partial charge in [0.15, 0.2) is 0 Å². The maximum Gasteiger partial charge on any atom is 0.0616 e. The van der Waals surface area contributed by atoms with Crippen molar-refractivity contribution in [3.05, 3.63) is 33.8 Å². The molecule has 1 aromatic carbocycles. The quantitative estimate of drug-likeness (QED) is 0.811. The Labute approximate surface area is 118 Å². The summed E-state index contributed by atoms with van der Waals surface area (Å²) >= 11 is 11.9. The molecule has 2 unspecified atom stereocenters. The molecule has 0 amide bonds. The summed E-state index contributed by atoms with van der Waals surface area (Å²) in [5.41, 5.74) is 1.06. The van der Waals surface area contributed by atoms with Crippen LogP contribution < -0.4 is 5.32 Å². The average Bonchev–Trinajstić information content (AvgIpc) is 2.33. The van der Waals surface area contributed by atoms with Crippen molar-refractivity contribution in [1.29, 1.82) is 0 Å². The Morgan fingerprint density at radius 1 is 1.33 bits per heavy atom. The van der Waals surface area contributed by atoms with Crippen molar-refractivity contribution in [2.45, 2.75) is 25.4 Å². The minimum atomic E-state index is 0.115. The predicted octanol–water partition coefficient (Wildman–Crippen LogP) is 3.04. The van der Waals surface area contributed by atoms with Crippen molar-refractivity contribution in [2.24, 2.45) is 0 Å². The van der Waals surface area contributed by atoms with Crippen LogP contribution in [0.1, 0.15) is 24.9 Å². The first-order valence-electron chi connectivity index (χ1n) is 5.89. The Bertz CT molecular complexity index is 368. The topological polar surface area (TPSA) is 41.5 Å². The number of benzene rings is 1. The van der Waals surface area contributed by atoms with Gasteiger partial charge >= 0.3 is 0 Å². The van der Waals surface area contributed by atoms with Crippen LogP contribution in [0.2, 0.25) is 10.0 Å². The number of hydrogen-bond acceptors (Lipinski definition) is 3. The van der Waals surface area contributed by atoms with Crippen molar-refractivity contribution in [1.82, 2.24) is 5.32 Å². The number of halogens is 2. The molecule has 18 heavy (non-hydrogen) atoms. The monoisotopic (exact) mass is 291 g/mol. The highest BCUT2D eigenvalue weighted by Gasteiger charge is 2.13. The number of methoxy groups -OCH3 is 1. The molecule has 0 aromatic heterocycles. The molecule has 3 nitrogen and oxygen atoms in total. The molecule has 5 heteroatoms. The number of aliphatic hydroxyl groups excluding tert-OH is 1. The zero-order valence-corrected chi connectivity index (χ0v) is 12.1. The van der Waals surface area contributed by atoms with E-state index in [1.165, 1.54) is 0 Å². The summed E-state index contributed by atoms with van der Waals surface area (Å²) in [6, 6.07) is 5.81. The van der Waals surface area contributed by atoms with E-state index in [0.717, 1.165) is 5.56 Å². The fraction of sp³-hybridized carbons (Fsp3) is 0.538. The summed E-state index contributed by atoms with van der Waals surface area (Å²) in [5.74, 6) is 0. The number of aliphatic hydroxyl groups is 1. The maximum atomic E-state index is 8.99. The number of rotatable bonds is 7. The first kappa shape index (κ1) is 15.7. The summed E-state index contributed by atoms with van der Waals surface area (Å²) in [5, 5.41) is 13.5. The molecule has 2 atom stereocenters. The van der Waals surface area contributed by atoms with E-state index in [4.69, 9.17) is 33.0 Å². The zero-order chi connectivity index (χ0) is 13.5. The van der Waals surface area contributed by atoms with E-state index in [9.17, 15) is 0 Å². The standard InChI is InChI=1S/C13H19Cl2NO2/c1-9(16-11(5-6-17)8-18-2)10-3-4-12(14)13(15)7-10/h3-4,7,9,11,16-17H,5-6,8H2,1-2H3. The third kappa shape index (κ3) is 4.75. The molecule has 0 radical (unpaired) electrons. The third-order valence-electron chi connectivity index (χ3n) is 2.77. The second-order valence-electron chi connectivity index (χ2n) is 4.23. The fourth-order valence-corrected chi connectivity index (χ4v) is 2.11. The van der Waals surface area contributed by atoms with Crippen molar-refractivity contribution in [3.63, 3.8) is 0 Å². The van der Waals surface area contributed by atoms with Gasteiger partial charge in [-0.1, -0.05) is 29.3 Å². The van der Waals surface area contributed by atoms with E-state index in [1.54, 1.807) is 13.2 Å². The molecule has 0 bridgehead atoms. The summed E-state index contributed by atoms with van der Waals surface area (Å²) in [6.45, 7) is 2.74. The lowest BCUT2D eigenvalue weighted by Crippen LogP contribution is -2.36. The highest BCUT2D eigenvalue weighted by Crippen LogP contribution is 2.25. The SMILES string of the molecule is COCC(CCO)NC(C)c1ccc(Cl)c(Cl)c1. The van der Waals surface area contributed by atoms with Crippen LogP contribution in [0.5, 0.6) is 0 Å². The van der Waals surface area contributed by atoms with E-state index in [2.05, 4.69) is 5.32 Å². The molecule has 0 aliphatic heterocycles. The molecule has 0 saturated carbocycles. The summed E-state index contributed by atoms with van der Waals surface area (Å²) in [7, 11) is 1.65. The summed E-state index contributed by atoms with van der Waals surface area (Å²) in [4.78, 5) is 0. The summed E-state index contributed by atoms with van der Waals surface area (Å²) in [6.07, 6.45) is 0.652. The van der Waals surface area contributed by atoms with Crippen LogP contribution in [0.3, 0.4) is 0 Å². The van der Waals surface area contributed by atoms with Crippen molar-refractivity contribution < 1.29 is 9.84 Å². The van der Waals surface area contributed by atoms with E-state index in [1.807, 2.05) is 19.1 Å². The van der Waals surface area contributed by atoms with E-state index in [-0.39, 0.29) is 18.7 Å². The second-order valence-corrected chi connectivity index (χ2v) is 5.04. The second kappa shape index (κ2) is 7.97. The zero-order valence-electron chi connectivity index (χ0n) is 10.6. The molecule has 0 aliphatic rings. The number of ether oxygens (including phenoxy) is 1. The smallest absolute Gasteiger partial charge is 0.0616 e. The molecule has 102 valence electrons. The molecule has 1 rings (SSSR count). The van der Waals surface area contributed by atoms with Gasteiger partial charge in [-0.15, -0.1) is 0 Å². The van der Waals surface area contributed by atoms with Gasteiger partial charge in [-0.2, -0.15) is 0 Å². The highest BCUT2D eigenvalue weighted by molar-refractivity contribution is 6.42. The highest BCUT2D eigenvalue weighted by atomic mass is 35.5. The molecule has 1 aromatic rings. The van der Waals surface area contributed by atoms with E-state index < -0.39 is 0 Å². The van der Waals surface area contributed by atoms with Crippen molar-refractivity contribution in [3.8, 4) is 0 Å².